The Hall–Kier alpha value is -1.36. The predicted octanol–water partition coefficient (Wildman–Crippen LogP) is 1.75. The Kier molecular flexibility index (Phi) is 4.51. The summed E-state index contributed by atoms with van der Waals surface area (Å²) in [5, 5.41) is 13.4. The minimum atomic E-state index is -0.756. The summed E-state index contributed by atoms with van der Waals surface area (Å²) >= 11 is 0. The molecule has 102 valence electrons. The van der Waals surface area contributed by atoms with E-state index in [9.17, 15) is 4.79 Å². The van der Waals surface area contributed by atoms with Gasteiger partial charge in [0.2, 0.25) is 0 Å². The molecule has 0 aliphatic heterocycles. The number of rotatable bonds is 5. The zero-order valence-electron chi connectivity index (χ0n) is 12.1. The first-order valence-corrected chi connectivity index (χ1v) is 6.18. The summed E-state index contributed by atoms with van der Waals surface area (Å²) in [6, 6.07) is 0.167. The van der Waals surface area contributed by atoms with Gasteiger partial charge in [0.1, 0.15) is 0 Å². The lowest BCUT2D eigenvalue weighted by atomic mass is 10.0. The first-order chi connectivity index (χ1) is 8.25. The smallest absolute Gasteiger partial charge is 0.307 e. The maximum absolute atomic E-state index is 10.9. The van der Waals surface area contributed by atoms with E-state index < -0.39 is 5.97 Å². The van der Waals surface area contributed by atoms with Gasteiger partial charge in [0.05, 0.1) is 11.6 Å². The molecule has 5 heteroatoms. The lowest BCUT2D eigenvalue weighted by molar-refractivity contribution is -0.141. The number of hydrogen-bond acceptors (Lipinski definition) is 3. The van der Waals surface area contributed by atoms with E-state index in [2.05, 4.69) is 16.9 Å². The predicted molar refractivity (Wildman–Crippen MR) is 70.5 cm³/mol. The second kappa shape index (κ2) is 5.52. The van der Waals surface area contributed by atoms with Gasteiger partial charge in [-0.15, -0.1) is 0 Å². The minimum absolute atomic E-state index is 0.167. The summed E-state index contributed by atoms with van der Waals surface area (Å²) in [5.74, 6) is -1.12. The lowest BCUT2D eigenvalue weighted by Crippen LogP contribution is -2.31. The molecule has 0 aliphatic rings. The molecular formula is C13H23N3O2. The number of carbonyl (C=O) groups is 1. The van der Waals surface area contributed by atoms with E-state index in [1.165, 1.54) is 5.56 Å². The van der Waals surface area contributed by atoms with Gasteiger partial charge in [-0.05, 0) is 27.8 Å². The summed E-state index contributed by atoms with van der Waals surface area (Å²) < 4.78 is 1.87. The summed E-state index contributed by atoms with van der Waals surface area (Å²) in [6.07, 6.45) is 0. The van der Waals surface area contributed by atoms with Crippen molar-refractivity contribution in [3.8, 4) is 0 Å². The van der Waals surface area contributed by atoms with Gasteiger partial charge >= 0.3 is 5.97 Å². The fourth-order valence-corrected chi connectivity index (χ4v) is 2.28. The number of carboxylic acid groups (broad SMARTS) is 1. The molecule has 2 atom stereocenters. The zero-order valence-corrected chi connectivity index (χ0v) is 12.1. The van der Waals surface area contributed by atoms with E-state index in [1.54, 1.807) is 6.92 Å². The standard InChI is InChI=1S/C13H23N3O2/c1-8(13(17)18)7-15(5)10(3)12-9(2)14-16(6)11(12)4/h8,10H,7H2,1-6H3,(H,17,18). The number of aliphatic carboxylic acids is 1. The van der Waals surface area contributed by atoms with Crippen molar-refractivity contribution in [1.82, 2.24) is 14.7 Å². The van der Waals surface area contributed by atoms with Crippen molar-refractivity contribution in [3.05, 3.63) is 17.0 Å². The van der Waals surface area contributed by atoms with Crippen LogP contribution >= 0.6 is 0 Å². The van der Waals surface area contributed by atoms with Crippen molar-refractivity contribution in [3.63, 3.8) is 0 Å². The topological polar surface area (TPSA) is 58.4 Å². The average molecular weight is 253 g/mol. The van der Waals surface area contributed by atoms with Gasteiger partial charge < -0.3 is 5.11 Å². The molecule has 2 unspecified atom stereocenters. The second-order valence-electron chi connectivity index (χ2n) is 5.06. The summed E-state index contributed by atoms with van der Waals surface area (Å²) in [4.78, 5) is 13.0. The van der Waals surface area contributed by atoms with Crippen LogP contribution in [-0.2, 0) is 11.8 Å². The van der Waals surface area contributed by atoms with Gasteiger partial charge in [0.15, 0.2) is 0 Å². The van der Waals surface area contributed by atoms with Crippen LogP contribution in [-0.4, -0.2) is 39.3 Å². The largest absolute Gasteiger partial charge is 0.481 e. The highest BCUT2D eigenvalue weighted by molar-refractivity contribution is 5.69. The third-order valence-corrected chi connectivity index (χ3v) is 3.63. The molecule has 0 bridgehead atoms. The van der Waals surface area contributed by atoms with Crippen molar-refractivity contribution in [2.45, 2.75) is 33.7 Å². The molecule has 0 amide bonds. The number of aromatic nitrogens is 2. The van der Waals surface area contributed by atoms with Gasteiger partial charge in [-0.1, -0.05) is 6.92 Å². The summed E-state index contributed by atoms with van der Waals surface area (Å²) in [5.41, 5.74) is 3.34. The highest BCUT2D eigenvalue weighted by atomic mass is 16.4. The Morgan fingerprint density at radius 3 is 2.39 bits per heavy atom. The van der Waals surface area contributed by atoms with E-state index in [0.29, 0.717) is 6.54 Å². The Morgan fingerprint density at radius 1 is 1.44 bits per heavy atom. The van der Waals surface area contributed by atoms with Crippen LogP contribution in [0.25, 0.3) is 0 Å². The van der Waals surface area contributed by atoms with Gasteiger partial charge in [0.25, 0.3) is 0 Å². The molecular weight excluding hydrogens is 230 g/mol. The molecule has 0 saturated heterocycles. The van der Waals surface area contributed by atoms with Crippen LogP contribution in [0, 0.1) is 19.8 Å². The van der Waals surface area contributed by atoms with Gasteiger partial charge in [-0.2, -0.15) is 5.10 Å². The maximum atomic E-state index is 10.9. The lowest BCUT2D eigenvalue weighted by Gasteiger charge is -2.26. The van der Waals surface area contributed by atoms with Crippen LogP contribution < -0.4 is 0 Å². The molecule has 1 aromatic heterocycles. The normalized spacial score (nSPS) is 14.8. The average Bonchev–Trinajstić information content (AvgIpc) is 2.52. The van der Waals surface area contributed by atoms with Crippen LogP contribution in [0.3, 0.4) is 0 Å². The fourth-order valence-electron chi connectivity index (χ4n) is 2.28. The minimum Gasteiger partial charge on any atom is -0.481 e. The van der Waals surface area contributed by atoms with Gasteiger partial charge in [-0.3, -0.25) is 14.4 Å². The first kappa shape index (κ1) is 14.7. The second-order valence-corrected chi connectivity index (χ2v) is 5.06. The van der Waals surface area contributed by atoms with E-state index in [0.717, 1.165) is 11.4 Å². The van der Waals surface area contributed by atoms with Crippen molar-refractivity contribution in [2.75, 3.05) is 13.6 Å². The van der Waals surface area contributed by atoms with E-state index in [4.69, 9.17) is 5.11 Å². The van der Waals surface area contributed by atoms with Crippen molar-refractivity contribution < 1.29 is 9.90 Å². The molecule has 0 fully saturated rings. The van der Waals surface area contributed by atoms with Crippen LogP contribution in [0.2, 0.25) is 0 Å². The number of hydrogen-bond donors (Lipinski definition) is 1. The number of carboxylic acids is 1. The zero-order chi connectivity index (χ0) is 14.0. The monoisotopic (exact) mass is 253 g/mol. The van der Waals surface area contributed by atoms with Crippen LogP contribution in [0.1, 0.15) is 36.8 Å². The maximum Gasteiger partial charge on any atom is 0.307 e. The third-order valence-electron chi connectivity index (χ3n) is 3.63. The van der Waals surface area contributed by atoms with Crippen molar-refractivity contribution >= 4 is 5.97 Å². The molecule has 1 N–H and O–H groups in total. The number of nitrogens with zero attached hydrogens (tertiary/aromatic N) is 3. The Bertz CT molecular complexity index is 440. The molecule has 0 radical (unpaired) electrons. The van der Waals surface area contributed by atoms with Crippen molar-refractivity contribution in [1.29, 1.82) is 0 Å². The van der Waals surface area contributed by atoms with Crippen LogP contribution in [0.4, 0.5) is 0 Å². The van der Waals surface area contributed by atoms with E-state index in [1.807, 2.05) is 32.6 Å². The molecule has 1 rings (SSSR count). The molecule has 1 aromatic rings. The van der Waals surface area contributed by atoms with Crippen LogP contribution in [0.5, 0.6) is 0 Å². The molecule has 0 aliphatic carbocycles. The molecule has 5 nitrogen and oxygen atoms in total. The molecule has 0 saturated carbocycles. The first-order valence-electron chi connectivity index (χ1n) is 6.18. The quantitative estimate of drug-likeness (QED) is 0.868. The molecule has 0 aromatic carbocycles. The Morgan fingerprint density at radius 2 is 2.00 bits per heavy atom. The van der Waals surface area contributed by atoms with Crippen molar-refractivity contribution in [2.24, 2.45) is 13.0 Å². The van der Waals surface area contributed by atoms with Crippen LogP contribution in [0.15, 0.2) is 0 Å². The van der Waals surface area contributed by atoms with E-state index in [-0.39, 0.29) is 12.0 Å². The third kappa shape index (κ3) is 2.90. The SMILES string of the molecule is Cc1nn(C)c(C)c1C(C)N(C)CC(C)C(=O)O. The highest BCUT2D eigenvalue weighted by Gasteiger charge is 2.22. The number of aryl methyl sites for hydroxylation is 2. The van der Waals surface area contributed by atoms with E-state index >= 15 is 0 Å². The highest BCUT2D eigenvalue weighted by Crippen LogP contribution is 2.25. The molecule has 0 spiro atoms. The molecule has 1 heterocycles. The van der Waals surface area contributed by atoms with Gasteiger partial charge in [-0.25, -0.2) is 0 Å². The fraction of sp³-hybridized carbons (Fsp3) is 0.692. The summed E-state index contributed by atoms with van der Waals surface area (Å²) in [7, 11) is 3.88. The molecule has 18 heavy (non-hydrogen) atoms. The van der Waals surface area contributed by atoms with Gasteiger partial charge in [0, 0.05) is 30.9 Å². The summed E-state index contributed by atoms with van der Waals surface area (Å²) in [6.45, 7) is 8.39. The Labute approximate surface area is 108 Å². The Balaban J connectivity index is 2.86.